The van der Waals surface area contributed by atoms with Crippen LogP contribution in [0.4, 0.5) is 0 Å². The smallest absolute Gasteiger partial charge is 0.311 e. The number of benzene rings is 1. The number of hydrogen-bond donors (Lipinski definition) is 2. The van der Waals surface area contributed by atoms with Crippen LogP contribution in [0, 0.1) is 5.41 Å². The second-order valence-electron chi connectivity index (χ2n) is 5.84. The van der Waals surface area contributed by atoms with Crippen LogP contribution in [0.15, 0.2) is 18.2 Å². The van der Waals surface area contributed by atoms with E-state index in [9.17, 15) is 14.7 Å². The number of carboxylic acids is 1. The van der Waals surface area contributed by atoms with Crippen molar-refractivity contribution in [3.05, 3.63) is 23.8 Å². The van der Waals surface area contributed by atoms with Gasteiger partial charge in [-0.25, -0.2) is 0 Å². The van der Waals surface area contributed by atoms with E-state index in [0.29, 0.717) is 37.6 Å². The molecule has 1 fully saturated rings. The summed E-state index contributed by atoms with van der Waals surface area (Å²) in [6.07, 6.45) is 0.988. The van der Waals surface area contributed by atoms with Crippen molar-refractivity contribution in [1.29, 1.82) is 0 Å². The molecule has 0 spiro atoms. The fourth-order valence-electron chi connectivity index (χ4n) is 2.79. The predicted molar refractivity (Wildman–Crippen MR) is 79.4 cm³/mol. The third-order valence-electron chi connectivity index (χ3n) is 4.33. The highest BCUT2D eigenvalue weighted by molar-refractivity contribution is 5.81. The van der Waals surface area contributed by atoms with Gasteiger partial charge in [-0.3, -0.25) is 9.59 Å². The molecule has 1 amide bonds. The minimum atomic E-state index is -0.928. The molecule has 2 aliphatic heterocycles. The van der Waals surface area contributed by atoms with Crippen LogP contribution in [0.2, 0.25) is 0 Å². The van der Waals surface area contributed by atoms with Gasteiger partial charge in [0, 0.05) is 19.8 Å². The topological polar surface area (TPSA) is 94.1 Å². The molecule has 1 saturated heterocycles. The second-order valence-corrected chi connectivity index (χ2v) is 5.84. The zero-order valence-corrected chi connectivity index (χ0v) is 12.7. The van der Waals surface area contributed by atoms with Crippen LogP contribution in [0.1, 0.15) is 18.4 Å². The van der Waals surface area contributed by atoms with E-state index in [1.54, 1.807) is 18.2 Å². The van der Waals surface area contributed by atoms with Gasteiger partial charge in [0.1, 0.15) is 0 Å². The maximum atomic E-state index is 12.1. The SMILES string of the molecule is O=C(Cc1ccc2c(c1)OCO2)NCC1(C(=O)O)CCOCC1. The molecule has 2 aliphatic rings. The first kappa shape index (κ1) is 15.6. The normalized spacial score (nSPS) is 18.4. The van der Waals surface area contributed by atoms with Gasteiger partial charge in [-0.15, -0.1) is 0 Å². The Morgan fingerprint density at radius 2 is 1.91 bits per heavy atom. The Balaban J connectivity index is 1.57. The maximum Gasteiger partial charge on any atom is 0.311 e. The highest BCUT2D eigenvalue weighted by Gasteiger charge is 2.40. The second kappa shape index (κ2) is 6.45. The number of rotatable bonds is 5. The summed E-state index contributed by atoms with van der Waals surface area (Å²) in [5.74, 6) is 0.197. The lowest BCUT2D eigenvalue weighted by atomic mass is 9.80. The lowest BCUT2D eigenvalue weighted by molar-refractivity contribution is -0.154. The summed E-state index contributed by atoms with van der Waals surface area (Å²) in [4.78, 5) is 23.7. The molecule has 0 aliphatic carbocycles. The fourth-order valence-corrected chi connectivity index (χ4v) is 2.79. The zero-order valence-electron chi connectivity index (χ0n) is 12.7. The van der Waals surface area contributed by atoms with Crippen molar-refractivity contribution in [2.24, 2.45) is 5.41 Å². The van der Waals surface area contributed by atoms with Crippen molar-refractivity contribution in [2.75, 3.05) is 26.6 Å². The van der Waals surface area contributed by atoms with E-state index in [1.807, 2.05) is 0 Å². The summed E-state index contributed by atoms with van der Waals surface area (Å²) < 4.78 is 15.7. The van der Waals surface area contributed by atoms with Crippen molar-refractivity contribution in [3.8, 4) is 11.5 Å². The van der Waals surface area contributed by atoms with Gasteiger partial charge in [0.15, 0.2) is 11.5 Å². The molecule has 2 N–H and O–H groups in total. The molecule has 0 atom stereocenters. The van der Waals surface area contributed by atoms with E-state index in [0.717, 1.165) is 5.56 Å². The first-order valence-electron chi connectivity index (χ1n) is 7.55. The number of carbonyl (C=O) groups is 2. The number of nitrogens with one attached hydrogen (secondary N) is 1. The van der Waals surface area contributed by atoms with Gasteiger partial charge in [0.05, 0.1) is 11.8 Å². The van der Waals surface area contributed by atoms with Gasteiger partial charge >= 0.3 is 5.97 Å². The molecule has 0 aromatic heterocycles. The van der Waals surface area contributed by atoms with Gasteiger partial charge in [-0.05, 0) is 30.5 Å². The Kier molecular flexibility index (Phi) is 4.38. The standard InChI is InChI=1S/C16H19NO6/c18-14(8-11-1-2-12-13(7-11)23-10-22-12)17-9-16(15(19)20)3-5-21-6-4-16/h1-2,7H,3-6,8-10H2,(H,17,18)(H,19,20). The average molecular weight is 321 g/mol. The number of fused-ring (bicyclic) bond motifs is 1. The molecular formula is C16H19NO6. The van der Waals surface area contributed by atoms with Crippen LogP contribution in [-0.4, -0.2) is 43.5 Å². The third-order valence-corrected chi connectivity index (χ3v) is 4.33. The number of ether oxygens (including phenoxy) is 3. The molecule has 1 aromatic rings. The van der Waals surface area contributed by atoms with Crippen molar-refractivity contribution >= 4 is 11.9 Å². The Morgan fingerprint density at radius 1 is 1.17 bits per heavy atom. The fraction of sp³-hybridized carbons (Fsp3) is 0.500. The predicted octanol–water partition coefficient (Wildman–Crippen LogP) is 0.955. The highest BCUT2D eigenvalue weighted by atomic mass is 16.7. The number of hydrogen-bond acceptors (Lipinski definition) is 5. The van der Waals surface area contributed by atoms with Crippen LogP contribution >= 0.6 is 0 Å². The number of aliphatic carboxylic acids is 1. The molecule has 23 heavy (non-hydrogen) atoms. The molecular weight excluding hydrogens is 302 g/mol. The summed E-state index contributed by atoms with van der Waals surface area (Å²) in [5.41, 5.74) is -0.133. The lowest BCUT2D eigenvalue weighted by Crippen LogP contribution is -2.46. The van der Waals surface area contributed by atoms with E-state index in [-0.39, 0.29) is 25.7 Å². The zero-order chi connectivity index (χ0) is 16.3. The van der Waals surface area contributed by atoms with Crippen molar-refractivity contribution in [2.45, 2.75) is 19.3 Å². The molecule has 3 rings (SSSR count). The van der Waals surface area contributed by atoms with Crippen molar-refractivity contribution in [1.82, 2.24) is 5.32 Å². The Hall–Kier alpha value is -2.28. The Morgan fingerprint density at radius 3 is 2.65 bits per heavy atom. The third kappa shape index (κ3) is 3.39. The monoisotopic (exact) mass is 321 g/mol. The number of carbonyl (C=O) groups excluding carboxylic acids is 1. The minimum Gasteiger partial charge on any atom is -0.481 e. The first-order valence-corrected chi connectivity index (χ1v) is 7.55. The van der Waals surface area contributed by atoms with Crippen LogP contribution in [0.25, 0.3) is 0 Å². The highest BCUT2D eigenvalue weighted by Crippen LogP contribution is 2.33. The van der Waals surface area contributed by atoms with Crippen LogP contribution in [0.5, 0.6) is 11.5 Å². The molecule has 0 radical (unpaired) electrons. The maximum absolute atomic E-state index is 12.1. The van der Waals surface area contributed by atoms with Crippen LogP contribution in [0.3, 0.4) is 0 Å². The lowest BCUT2D eigenvalue weighted by Gasteiger charge is -2.33. The number of amides is 1. The quantitative estimate of drug-likeness (QED) is 0.839. The van der Waals surface area contributed by atoms with Gasteiger partial charge in [-0.2, -0.15) is 0 Å². The van der Waals surface area contributed by atoms with Gasteiger partial charge in [-0.1, -0.05) is 6.07 Å². The van der Waals surface area contributed by atoms with E-state index in [4.69, 9.17) is 14.2 Å². The Bertz CT molecular complexity index is 609. The molecule has 0 unspecified atom stereocenters. The molecule has 7 nitrogen and oxygen atoms in total. The average Bonchev–Trinajstić information content (AvgIpc) is 3.01. The van der Waals surface area contributed by atoms with Crippen LogP contribution in [-0.2, 0) is 20.7 Å². The van der Waals surface area contributed by atoms with Crippen molar-refractivity contribution < 1.29 is 28.9 Å². The summed E-state index contributed by atoms with van der Waals surface area (Å²) >= 11 is 0. The first-order chi connectivity index (χ1) is 11.1. The summed E-state index contributed by atoms with van der Waals surface area (Å²) in [7, 11) is 0. The summed E-state index contributed by atoms with van der Waals surface area (Å²) in [6, 6.07) is 5.33. The van der Waals surface area contributed by atoms with E-state index in [1.165, 1.54) is 0 Å². The minimum absolute atomic E-state index is 0.120. The largest absolute Gasteiger partial charge is 0.481 e. The van der Waals surface area contributed by atoms with Crippen molar-refractivity contribution in [3.63, 3.8) is 0 Å². The molecule has 124 valence electrons. The molecule has 2 heterocycles. The van der Waals surface area contributed by atoms with E-state index < -0.39 is 11.4 Å². The van der Waals surface area contributed by atoms with Gasteiger partial charge in [0.25, 0.3) is 0 Å². The van der Waals surface area contributed by atoms with Gasteiger partial charge in [0.2, 0.25) is 12.7 Å². The van der Waals surface area contributed by atoms with E-state index in [2.05, 4.69) is 5.32 Å². The number of carboxylic acid groups (broad SMARTS) is 1. The molecule has 0 saturated carbocycles. The molecule has 1 aromatic carbocycles. The Labute approximate surface area is 133 Å². The summed E-state index contributed by atoms with van der Waals surface area (Å²) in [6.45, 7) is 1.12. The van der Waals surface area contributed by atoms with Gasteiger partial charge < -0.3 is 24.6 Å². The molecule has 7 heteroatoms. The summed E-state index contributed by atoms with van der Waals surface area (Å²) in [5, 5.41) is 12.2. The van der Waals surface area contributed by atoms with Crippen LogP contribution < -0.4 is 14.8 Å². The molecule has 0 bridgehead atoms. The van der Waals surface area contributed by atoms with E-state index >= 15 is 0 Å².